The number of carbonyl (C=O) groups excluding carboxylic acids is 1. The van der Waals surface area contributed by atoms with E-state index in [-0.39, 0.29) is 18.1 Å². The summed E-state index contributed by atoms with van der Waals surface area (Å²) in [4.78, 5) is 14.0. The lowest BCUT2D eigenvalue weighted by Gasteiger charge is -2.29. The van der Waals surface area contributed by atoms with Crippen molar-refractivity contribution in [1.82, 2.24) is 10.2 Å². The topological polar surface area (TPSA) is 52.6 Å². The largest absolute Gasteiger partial charge is 0.392 e. The third-order valence-corrected chi connectivity index (χ3v) is 3.74. The van der Waals surface area contributed by atoms with Gasteiger partial charge in [-0.05, 0) is 59.1 Å². The second-order valence-corrected chi connectivity index (χ2v) is 6.58. The van der Waals surface area contributed by atoms with Gasteiger partial charge in [-0.2, -0.15) is 0 Å². The van der Waals surface area contributed by atoms with Crippen LogP contribution in [0.5, 0.6) is 0 Å². The summed E-state index contributed by atoms with van der Waals surface area (Å²) >= 11 is 0. The first kappa shape index (κ1) is 18.5. The molecule has 1 aromatic rings. The van der Waals surface area contributed by atoms with Gasteiger partial charge in [0.15, 0.2) is 0 Å². The Balaban J connectivity index is 2.66. The van der Waals surface area contributed by atoms with Crippen molar-refractivity contribution in [2.45, 2.75) is 66.2 Å². The van der Waals surface area contributed by atoms with Crippen LogP contribution in [0.25, 0.3) is 0 Å². The maximum absolute atomic E-state index is 12.4. The average Bonchev–Trinajstić information content (AvgIpc) is 2.38. The van der Waals surface area contributed by atoms with Crippen LogP contribution < -0.4 is 5.32 Å². The summed E-state index contributed by atoms with van der Waals surface area (Å²) in [5.41, 5.74) is 3.76. The van der Waals surface area contributed by atoms with E-state index < -0.39 is 6.10 Å². The fourth-order valence-electron chi connectivity index (χ4n) is 2.56. The zero-order chi connectivity index (χ0) is 16.9. The highest BCUT2D eigenvalue weighted by Crippen LogP contribution is 2.13. The van der Waals surface area contributed by atoms with Crippen LogP contribution in [0.15, 0.2) is 18.2 Å². The third kappa shape index (κ3) is 5.68. The lowest BCUT2D eigenvalue weighted by atomic mass is 10.00. The molecule has 2 amide bonds. The molecule has 2 atom stereocenters. The van der Waals surface area contributed by atoms with E-state index in [1.807, 2.05) is 20.8 Å². The summed E-state index contributed by atoms with van der Waals surface area (Å²) in [6, 6.07) is 6.38. The number of hydrogen-bond donors (Lipinski definition) is 2. The van der Waals surface area contributed by atoms with Crippen LogP contribution >= 0.6 is 0 Å². The molecule has 0 fully saturated rings. The van der Waals surface area contributed by atoms with Crippen molar-refractivity contribution in [3.05, 3.63) is 34.9 Å². The molecule has 124 valence electrons. The van der Waals surface area contributed by atoms with E-state index >= 15 is 0 Å². The van der Waals surface area contributed by atoms with Crippen molar-refractivity contribution >= 4 is 6.03 Å². The van der Waals surface area contributed by atoms with Gasteiger partial charge in [0, 0.05) is 18.6 Å². The molecule has 22 heavy (non-hydrogen) atoms. The van der Waals surface area contributed by atoms with Crippen molar-refractivity contribution in [3.63, 3.8) is 0 Å². The normalized spacial score (nSPS) is 13.8. The smallest absolute Gasteiger partial charge is 0.317 e. The number of aliphatic hydroxyl groups excluding tert-OH is 1. The number of benzene rings is 1. The Hall–Kier alpha value is -1.55. The molecular weight excluding hydrogens is 276 g/mol. The van der Waals surface area contributed by atoms with Crippen molar-refractivity contribution in [2.75, 3.05) is 6.54 Å². The van der Waals surface area contributed by atoms with E-state index in [0.29, 0.717) is 6.54 Å². The molecule has 1 rings (SSSR count). The van der Waals surface area contributed by atoms with Crippen LogP contribution in [0, 0.1) is 13.8 Å². The summed E-state index contributed by atoms with van der Waals surface area (Å²) in [6.45, 7) is 12.1. The molecule has 0 aromatic heterocycles. The molecule has 0 bridgehead atoms. The lowest BCUT2D eigenvalue weighted by Crippen LogP contribution is -2.49. The highest BCUT2D eigenvalue weighted by molar-refractivity contribution is 5.74. The highest BCUT2D eigenvalue weighted by Gasteiger charge is 2.20. The van der Waals surface area contributed by atoms with Gasteiger partial charge in [-0.3, -0.25) is 0 Å². The molecule has 0 saturated carbocycles. The number of aryl methyl sites for hydroxylation is 2. The maximum atomic E-state index is 12.4. The Bertz CT molecular complexity index is 498. The Morgan fingerprint density at radius 3 is 2.36 bits per heavy atom. The second-order valence-electron chi connectivity index (χ2n) is 6.58. The molecule has 0 aliphatic carbocycles. The molecular formula is C18H30N2O2. The number of aliphatic hydroxyl groups is 1. The van der Waals surface area contributed by atoms with Crippen LogP contribution in [0.1, 0.15) is 44.4 Å². The first-order valence-corrected chi connectivity index (χ1v) is 8.02. The molecule has 4 nitrogen and oxygen atoms in total. The lowest BCUT2D eigenvalue weighted by molar-refractivity contribution is 0.117. The number of hydrogen-bond acceptors (Lipinski definition) is 2. The van der Waals surface area contributed by atoms with Gasteiger partial charge in [0.25, 0.3) is 0 Å². The molecule has 4 heteroatoms. The fourth-order valence-corrected chi connectivity index (χ4v) is 2.56. The summed E-state index contributed by atoms with van der Waals surface area (Å²) in [5.74, 6) is 0. The van der Waals surface area contributed by atoms with E-state index in [9.17, 15) is 9.90 Å². The zero-order valence-corrected chi connectivity index (χ0v) is 14.7. The molecule has 0 saturated heterocycles. The summed E-state index contributed by atoms with van der Waals surface area (Å²) in [5, 5.41) is 12.6. The van der Waals surface area contributed by atoms with Crippen molar-refractivity contribution in [2.24, 2.45) is 0 Å². The van der Waals surface area contributed by atoms with Crippen LogP contribution in [0.3, 0.4) is 0 Å². The monoisotopic (exact) mass is 306 g/mol. The van der Waals surface area contributed by atoms with Gasteiger partial charge in [-0.25, -0.2) is 4.79 Å². The Kier molecular flexibility index (Phi) is 6.88. The zero-order valence-electron chi connectivity index (χ0n) is 14.7. The summed E-state index contributed by atoms with van der Waals surface area (Å²) < 4.78 is 0. The van der Waals surface area contributed by atoms with E-state index in [1.54, 1.807) is 11.8 Å². The molecule has 1 aromatic carbocycles. The second kappa shape index (κ2) is 8.18. The predicted molar refractivity (Wildman–Crippen MR) is 91.1 cm³/mol. The van der Waals surface area contributed by atoms with Gasteiger partial charge >= 0.3 is 6.03 Å². The van der Waals surface area contributed by atoms with Crippen LogP contribution in [0.2, 0.25) is 0 Å². The predicted octanol–water partition coefficient (Wildman–Crippen LogP) is 3.04. The molecule has 2 N–H and O–H groups in total. The van der Waals surface area contributed by atoms with Crippen LogP contribution in [-0.2, 0) is 6.42 Å². The van der Waals surface area contributed by atoms with Gasteiger partial charge in [0.1, 0.15) is 0 Å². The maximum Gasteiger partial charge on any atom is 0.317 e. The van der Waals surface area contributed by atoms with Gasteiger partial charge in [0.05, 0.1) is 6.10 Å². The molecule has 0 spiro atoms. The average molecular weight is 306 g/mol. The van der Waals surface area contributed by atoms with Crippen LogP contribution in [-0.4, -0.2) is 40.8 Å². The number of rotatable bonds is 6. The van der Waals surface area contributed by atoms with Gasteiger partial charge < -0.3 is 15.3 Å². The van der Waals surface area contributed by atoms with Crippen molar-refractivity contribution < 1.29 is 9.90 Å². The third-order valence-electron chi connectivity index (χ3n) is 3.74. The molecule has 0 heterocycles. The standard InChI is InChI=1S/C18H30N2O2/c1-12(2)20(11-16(6)21)18(22)19-15(5)10-17-8-7-13(3)9-14(17)4/h7-9,12,15-16,21H,10-11H2,1-6H3,(H,19,22). The van der Waals surface area contributed by atoms with E-state index in [1.165, 1.54) is 16.7 Å². The number of urea groups is 1. The Morgan fingerprint density at radius 2 is 1.86 bits per heavy atom. The number of amides is 2. The number of carbonyl (C=O) groups is 1. The molecule has 0 aliphatic heterocycles. The van der Waals surface area contributed by atoms with Crippen LogP contribution in [0.4, 0.5) is 4.79 Å². The molecule has 0 aliphatic rings. The SMILES string of the molecule is Cc1ccc(CC(C)NC(=O)N(CC(C)O)C(C)C)c(C)c1. The number of nitrogens with zero attached hydrogens (tertiary/aromatic N) is 1. The highest BCUT2D eigenvalue weighted by atomic mass is 16.3. The van der Waals surface area contributed by atoms with E-state index in [4.69, 9.17) is 0 Å². The molecule has 0 radical (unpaired) electrons. The first-order chi connectivity index (χ1) is 10.2. The van der Waals surface area contributed by atoms with Crippen molar-refractivity contribution in [1.29, 1.82) is 0 Å². The fraction of sp³-hybridized carbons (Fsp3) is 0.611. The Labute approximate surface area is 134 Å². The summed E-state index contributed by atoms with van der Waals surface area (Å²) in [7, 11) is 0. The van der Waals surface area contributed by atoms with Crippen molar-refractivity contribution in [3.8, 4) is 0 Å². The van der Waals surface area contributed by atoms with Gasteiger partial charge in [-0.15, -0.1) is 0 Å². The first-order valence-electron chi connectivity index (χ1n) is 8.02. The minimum atomic E-state index is -0.525. The summed E-state index contributed by atoms with van der Waals surface area (Å²) in [6.07, 6.45) is 0.279. The minimum Gasteiger partial charge on any atom is -0.392 e. The number of nitrogens with one attached hydrogen (secondary N) is 1. The quantitative estimate of drug-likeness (QED) is 0.849. The Morgan fingerprint density at radius 1 is 1.23 bits per heavy atom. The van der Waals surface area contributed by atoms with E-state index in [2.05, 4.69) is 37.4 Å². The minimum absolute atomic E-state index is 0.0455. The van der Waals surface area contributed by atoms with Gasteiger partial charge in [-0.1, -0.05) is 23.8 Å². The molecule has 2 unspecified atom stereocenters. The van der Waals surface area contributed by atoms with E-state index in [0.717, 1.165) is 6.42 Å². The van der Waals surface area contributed by atoms with Gasteiger partial charge in [0.2, 0.25) is 0 Å².